The second kappa shape index (κ2) is 8.22. The van der Waals surface area contributed by atoms with Gasteiger partial charge in [0.25, 0.3) is 0 Å². The van der Waals surface area contributed by atoms with Gasteiger partial charge in [0.2, 0.25) is 15.9 Å². The van der Waals surface area contributed by atoms with Crippen LogP contribution in [0, 0.1) is 0 Å². The number of carbonyl (C=O) groups is 2. The van der Waals surface area contributed by atoms with Crippen LogP contribution in [0.4, 0.5) is 10.5 Å². The number of amides is 2. The molecule has 0 radical (unpaired) electrons. The molecule has 154 valence electrons. The van der Waals surface area contributed by atoms with Crippen molar-refractivity contribution < 1.29 is 22.7 Å². The Hall–Kier alpha value is -2.91. The number of carbonyl (C=O) groups excluding carboxylic acids is 2. The van der Waals surface area contributed by atoms with E-state index in [2.05, 4.69) is 5.32 Å². The topological polar surface area (TPSA) is 119 Å². The summed E-state index contributed by atoms with van der Waals surface area (Å²) < 4.78 is 28.1. The summed E-state index contributed by atoms with van der Waals surface area (Å²) in [5.74, 6) is -0.366. The number of nitrogens with two attached hydrogens (primary N) is 1. The van der Waals surface area contributed by atoms with Gasteiger partial charge in [-0.15, -0.1) is 0 Å². The van der Waals surface area contributed by atoms with Crippen molar-refractivity contribution in [3.8, 4) is 0 Å². The van der Waals surface area contributed by atoms with Gasteiger partial charge in [0.05, 0.1) is 4.90 Å². The molecule has 9 heteroatoms. The van der Waals surface area contributed by atoms with Crippen LogP contribution in [0.5, 0.6) is 0 Å². The van der Waals surface area contributed by atoms with Crippen molar-refractivity contribution in [3.63, 3.8) is 0 Å². The van der Waals surface area contributed by atoms with Crippen LogP contribution in [0.3, 0.4) is 0 Å². The lowest BCUT2D eigenvalue weighted by Gasteiger charge is -2.33. The van der Waals surface area contributed by atoms with Crippen LogP contribution in [-0.4, -0.2) is 37.4 Å². The van der Waals surface area contributed by atoms with E-state index in [-0.39, 0.29) is 17.4 Å². The fraction of sp³-hybridized carbons (Fsp3) is 0.300. The molecule has 3 N–H and O–H groups in total. The van der Waals surface area contributed by atoms with Crippen molar-refractivity contribution in [1.29, 1.82) is 0 Å². The third kappa shape index (κ3) is 4.75. The minimum atomic E-state index is -3.81. The van der Waals surface area contributed by atoms with Crippen LogP contribution in [0.1, 0.15) is 25.3 Å². The van der Waals surface area contributed by atoms with E-state index in [1.165, 1.54) is 29.2 Å². The molecule has 2 aromatic rings. The molecule has 3 rings (SSSR count). The van der Waals surface area contributed by atoms with Crippen molar-refractivity contribution in [2.45, 2.75) is 36.8 Å². The zero-order valence-corrected chi connectivity index (χ0v) is 16.8. The number of primary sulfonamides is 1. The summed E-state index contributed by atoms with van der Waals surface area (Å²) in [6.45, 7) is 2.24. The fourth-order valence-electron chi connectivity index (χ4n) is 3.28. The van der Waals surface area contributed by atoms with E-state index in [1.807, 2.05) is 30.3 Å². The maximum absolute atomic E-state index is 12.9. The molecule has 1 aliphatic heterocycles. The molecule has 1 atom stereocenters. The molecule has 1 fully saturated rings. The number of hydrogen-bond acceptors (Lipinski definition) is 5. The Morgan fingerprint density at radius 1 is 1.14 bits per heavy atom. The molecule has 2 aromatic carbocycles. The zero-order chi connectivity index (χ0) is 21.1. The first kappa shape index (κ1) is 20.8. The fourth-order valence-corrected chi connectivity index (χ4v) is 3.80. The van der Waals surface area contributed by atoms with Gasteiger partial charge in [0.15, 0.2) is 0 Å². The number of rotatable bonds is 5. The summed E-state index contributed by atoms with van der Waals surface area (Å²) in [5.41, 5.74) is 0.209. The maximum Gasteiger partial charge on any atom is 0.410 e. The summed E-state index contributed by atoms with van der Waals surface area (Å²) in [6, 6.07) is 14.8. The summed E-state index contributed by atoms with van der Waals surface area (Å²) in [6.07, 6.45) is 0.622. The molecule has 1 saturated heterocycles. The molecule has 2 amide bonds. The highest BCUT2D eigenvalue weighted by Crippen LogP contribution is 2.31. The SMILES string of the molecule is CC1(C(=O)Nc2ccc(S(N)(=O)=O)cc2)CCCN1C(=O)OCc1ccccc1. The number of likely N-dealkylation sites (tertiary alicyclic amines) is 1. The van der Waals surface area contributed by atoms with Gasteiger partial charge < -0.3 is 10.1 Å². The van der Waals surface area contributed by atoms with Gasteiger partial charge in [0.1, 0.15) is 12.1 Å². The smallest absolute Gasteiger partial charge is 0.410 e. The van der Waals surface area contributed by atoms with E-state index in [9.17, 15) is 18.0 Å². The van der Waals surface area contributed by atoms with E-state index in [0.29, 0.717) is 25.1 Å². The number of nitrogens with zero attached hydrogens (tertiary/aromatic N) is 1. The first-order valence-corrected chi connectivity index (χ1v) is 10.7. The second-order valence-electron chi connectivity index (χ2n) is 7.09. The van der Waals surface area contributed by atoms with E-state index < -0.39 is 21.7 Å². The minimum Gasteiger partial charge on any atom is -0.445 e. The van der Waals surface area contributed by atoms with Gasteiger partial charge >= 0.3 is 6.09 Å². The summed E-state index contributed by atoms with van der Waals surface area (Å²) in [7, 11) is -3.81. The average molecular weight is 417 g/mol. The molecular formula is C20H23N3O5S. The number of nitrogens with one attached hydrogen (secondary N) is 1. The first-order valence-electron chi connectivity index (χ1n) is 9.13. The zero-order valence-electron chi connectivity index (χ0n) is 16.0. The van der Waals surface area contributed by atoms with Gasteiger partial charge in [-0.2, -0.15) is 0 Å². The molecule has 0 saturated carbocycles. The van der Waals surface area contributed by atoms with Crippen molar-refractivity contribution in [1.82, 2.24) is 4.90 Å². The largest absolute Gasteiger partial charge is 0.445 e. The number of hydrogen-bond donors (Lipinski definition) is 2. The number of sulfonamides is 1. The van der Waals surface area contributed by atoms with Gasteiger partial charge in [-0.05, 0) is 49.6 Å². The molecule has 8 nitrogen and oxygen atoms in total. The Morgan fingerprint density at radius 2 is 1.79 bits per heavy atom. The highest BCUT2D eigenvalue weighted by atomic mass is 32.2. The predicted octanol–water partition coefficient (Wildman–Crippen LogP) is 2.46. The first-order chi connectivity index (χ1) is 13.7. The average Bonchev–Trinajstić information content (AvgIpc) is 3.10. The summed E-state index contributed by atoms with van der Waals surface area (Å²) >= 11 is 0. The Labute approximate surface area is 169 Å². The van der Waals surface area contributed by atoms with Crippen molar-refractivity contribution in [2.75, 3.05) is 11.9 Å². The number of ether oxygens (including phenoxy) is 1. The molecule has 0 spiro atoms. The number of benzene rings is 2. The summed E-state index contributed by atoms with van der Waals surface area (Å²) in [4.78, 5) is 26.9. The van der Waals surface area contributed by atoms with E-state index >= 15 is 0 Å². The summed E-state index contributed by atoms with van der Waals surface area (Å²) in [5, 5.41) is 7.82. The van der Waals surface area contributed by atoms with Crippen LogP contribution >= 0.6 is 0 Å². The van der Waals surface area contributed by atoms with E-state index in [0.717, 1.165) is 5.56 Å². The molecule has 1 aliphatic rings. The van der Waals surface area contributed by atoms with Crippen molar-refractivity contribution >= 4 is 27.7 Å². The molecule has 29 heavy (non-hydrogen) atoms. The molecular weight excluding hydrogens is 394 g/mol. The Bertz CT molecular complexity index is 993. The van der Waals surface area contributed by atoms with E-state index in [1.54, 1.807) is 6.92 Å². The third-order valence-corrected chi connectivity index (χ3v) is 5.93. The highest BCUT2D eigenvalue weighted by molar-refractivity contribution is 7.89. The van der Waals surface area contributed by atoms with Gasteiger partial charge in [-0.3, -0.25) is 9.69 Å². The van der Waals surface area contributed by atoms with Crippen molar-refractivity contribution in [3.05, 3.63) is 60.2 Å². The lowest BCUT2D eigenvalue weighted by atomic mass is 9.98. The lowest BCUT2D eigenvalue weighted by Crippen LogP contribution is -2.53. The Balaban J connectivity index is 1.67. The molecule has 0 bridgehead atoms. The monoisotopic (exact) mass is 417 g/mol. The van der Waals surface area contributed by atoms with Crippen molar-refractivity contribution in [2.24, 2.45) is 5.14 Å². The normalized spacial score (nSPS) is 19.0. The highest BCUT2D eigenvalue weighted by Gasteiger charge is 2.46. The van der Waals surface area contributed by atoms with Crippen LogP contribution in [0.15, 0.2) is 59.5 Å². The van der Waals surface area contributed by atoms with Gasteiger partial charge in [0, 0.05) is 12.2 Å². The minimum absolute atomic E-state index is 0.0475. The number of anilines is 1. The Kier molecular flexibility index (Phi) is 5.90. The quantitative estimate of drug-likeness (QED) is 0.775. The van der Waals surface area contributed by atoms with E-state index in [4.69, 9.17) is 9.88 Å². The third-order valence-electron chi connectivity index (χ3n) is 5.00. The van der Waals surface area contributed by atoms with Crippen LogP contribution in [-0.2, 0) is 26.2 Å². The Morgan fingerprint density at radius 3 is 2.41 bits per heavy atom. The van der Waals surface area contributed by atoms with Crippen LogP contribution < -0.4 is 10.5 Å². The molecule has 0 aliphatic carbocycles. The standard InChI is InChI=1S/C20H23N3O5S/c1-20(18(24)22-16-8-10-17(11-9-16)29(21,26)27)12-5-13-23(20)19(25)28-14-15-6-3-2-4-7-15/h2-4,6-11H,5,12-14H2,1H3,(H,22,24)(H2,21,26,27). The van der Waals surface area contributed by atoms with Crippen LogP contribution in [0.2, 0.25) is 0 Å². The maximum atomic E-state index is 12.9. The van der Waals surface area contributed by atoms with Crippen LogP contribution in [0.25, 0.3) is 0 Å². The lowest BCUT2D eigenvalue weighted by molar-refractivity contribution is -0.125. The molecule has 0 aromatic heterocycles. The predicted molar refractivity (Wildman–Crippen MR) is 107 cm³/mol. The second-order valence-corrected chi connectivity index (χ2v) is 8.65. The van der Waals surface area contributed by atoms with Gasteiger partial charge in [-0.25, -0.2) is 18.4 Å². The molecule has 1 heterocycles. The molecule has 1 unspecified atom stereocenters. The van der Waals surface area contributed by atoms with Gasteiger partial charge in [-0.1, -0.05) is 30.3 Å².